The average molecular weight is 362 g/mol. The van der Waals surface area contributed by atoms with Crippen LogP contribution in [-0.4, -0.2) is 33.5 Å². The molecule has 1 aromatic carbocycles. The lowest BCUT2D eigenvalue weighted by Crippen LogP contribution is -2.38. The molecule has 130 valence electrons. The molecule has 0 radical (unpaired) electrons. The largest absolute Gasteiger partial charge is 0.350 e. The van der Waals surface area contributed by atoms with Crippen molar-refractivity contribution >= 4 is 28.3 Å². The fourth-order valence-electron chi connectivity index (χ4n) is 2.28. The molecule has 0 aliphatic heterocycles. The summed E-state index contributed by atoms with van der Waals surface area (Å²) in [5, 5.41) is 2.79. The molecule has 0 spiro atoms. The third-order valence-corrected chi connectivity index (χ3v) is 5.37. The quantitative estimate of drug-likeness (QED) is 0.678. The third kappa shape index (κ3) is 5.17. The van der Waals surface area contributed by atoms with Crippen molar-refractivity contribution in [1.29, 1.82) is 0 Å². The number of aryl methyl sites for hydroxylation is 1. The Morgan fingerprint density at radius 2 is 2.04 bits per heavy atom. The third-order valence-electron chi connectivity index (χ3n) is 3.82. The molecule has 1 aromatic rings. The van der Waals surface area contributed by atoms with Crippen LogP contribution in [0.15, 0.2) is 23.1 Å². The maximum absolute atomic E-state index is 12.3. The lowest BCUT2D eigenvalue weighted by atomic mass is 10.1. The zero-order valence-electron chi connectivity index (χ0n) is 13.3. The van der Waals surface area contributed by atoms with Crippen LogP contribution in [0.3, 0.4) is 0 Å². The second-order valence-corrected chi connectivity index (χ2v) is 7.46. The van der Waals surface area contributed by atoms with Gasteiger partial charge in [-0.1, -0.05) is 13.0 Å². The second-order valence-electron chi connectivity index (χ2n) is 5.69. The Balaban J connectivity index is 0.00000264. The fraction of sp³-hybridized carbons (Fsp3) is 0.533. The van der Waals surface area contributed by atoms with Crippen LogP contribution >= 0.6 is 12.4 Å². The number of sulfonamides is 1. The smallest absolute Gasteiger partial charge is 0.251 e. The van der Waals surface area contributed by atoms with Gasteiger partial charge in [-0.25, -0.2) is 13.1 Å². The molecule has 1 aliphatic carbocycles. The number of benzene rings is 1. The minimum atomic E-state index is -3.57. The van der Waals surface area contributed by atoms with E-state index in [1.807, 2.05) is 0 Å². The molecule has 0 bridgehead atoms. The maximum Gasteiger partial charge on any atom is 0.251 e. The molecule has 1 atom stereocenters. The topological polar surface area (TPSA) is 101 Å². The number of halogens is 1. The van der Waals surface area contributed by atoms with E-state index >= 15 is 0 Å². The van der Waals surface area contributed by atoms with Crippen molar-refractivity contribution in [3.8, 4) is 0 Å². The van der Waals surface area contributed by atoms with E-state index < -0.39 is 10.0 Å². The number of carbonyl (C=O) groups is 1. The van der Waals surface area contributed by atoms with Crippen LogP contribution in [0.25, 0.3) is 0 Å². The molecule has 8 heteroatoms. The maximum atomic E-state index is 12.3. The summed E-state index contributed by atoms with van der Waals surface area (Å²) in [6, 6.07) is 4.52. The Kier molecular flexibility index (Phi) is 7.01. The van der Waals surface area contributed by atoms with Gasteiger partial charge in [0.05, 0.1) is 4.90 Å². The summed E-state index contributed by atoms with van der Waals surface area (Å²) in [4.78, 5) is 12.4. The molecule has 23 heavy (non-hydrogen) atoms. The van der Waals surface area contributed by atoms with Gasteiger partial charge in [0.25, 0.3) is 5.91 Å². The Morgan fingerprint density at radius 3 is 2.61 bits per heavy atom. The molecule has 1 saturated carbocycles. The average Bonchev–Trinajstić information content (AvgIpc) is 3.29. The van der Waals surface area contributed by atoms with Crippen molar-refractivity contribution in [3.05, 3.63) is 29.3 Å². The first-order valence-electron chi connectivity index (χ1n) is 7.49. The summed E-state index contributed by atoms with van der Waals surface area (Å²) >= 11 is 0. The van der Waals surface area contributed by atoms with Crippen LogP contribution in [0.4, 0.5) is 0 Å². The standard InChI is InChI=1S/C15H23N3O3S.ClH/c1-3-18-22(20,21)12-7-4-10(2)13(8-12)15(19)17-9-14(16)11-5-6-11;/h4,7-8,11,14,18H,3,5-6,9,16H2,1-2H3,(H,17,19);1H. The highest BCUT2D eigenvalue weighted by atomic mass is 35.5. The van der Waals surface area contributed by atoms with E-state index in [2.05, 4.69) is 10.0 Å². The van der Waals surface area contributed by atoms with E-state index in [9.17, 15) is 13.2 Å². The molecular formula is C15H24ClN3O3S. The van der Waals surface area contributed by atoms with Gasteiger partial charge in [0.1, 0.15) is 0 Å². The number of nitrogens with one attached hydrogen (secondary N) is 2. The molecule has 0 saturated heterocycles. The fourth-order valence-corrected chi connectivity index (χ4v) is 3.35. The minimum absolute atomic E-state index is 0. The highest BCUT2D eigenvalue weighted by molar-refractivity contribution is 7.89. The molecule has 1 amide bonds. The van der Waals surface area contributed by atoms with E-state index in [0.717, 1.165) is 18.4 Å². The van der Waals surface area contributed by atoms with Gasteiger partial charge in [0, 0.05) is 24.7 Å². The van der Waals surface area contributed by atoms with E-state index in [0.29, 0.717) is 24.6 Å². The van der Waals surface area contributed by atoms with E-state index in [1.165, 1.54) is 12.1 Å². The molecule has 2 rings (SSSR count). The van der Waals surface area contributed by atoms with Gasteiger partial charge in [-0.3, -0.25) is 4.79 Å². The van der Waals surface area contributed by atoms with Gasteiger partial charge in [0.15, 0.2) is 0 Å². The highest BCUT2D eigenvalue weighted by Gasteiger charge is 2.28. The first-order valence-corrected chi connectivity index (χ1v) is 8.97. The summed E-state index contributed by atoms with van der Waals surface area (Å²) in [6.45, 7) is 4.19. The van der Waals surface area contributed by atoms with Gasteiger partial charge < -0.3 is 11.1 Å². The zero-order valence-corrected chi connectivity index (χ0v) is 15.0. The summed E-state index contributed by atoms with van der Waals surface area (Å²) in [7, 11) is -3.57. The predicted molar refractivity (Wildman–Crippen MR) is 92.3 cm³/mol. The number of hydrogen-bond donors (Lipinski definition) is 3. The summed E-state index contributed by atoms with van der Waals surface area (Å²) in [6.07, 6.45) is 2.24. The van der Waals surface area contributed by atoms with Crippen molar-refractivity contribution < 1.29 is 13.2 Å². The molecule has 6 nitrogen and oxygen atoms in total. The van der Waals surface area contributed by atoms with Crippen molar-refractivity contribution in [2.75, 3.05) is 13.1 Å². The summed E-state index contributed by atoms with van der Waals surface area (Å²) in [5.41, 5.74) is 7.05. The molecule has 0 aromatic heterocycles. The van der Waals surface area contributed by atoms with E-state index in [-0.39, 0.29) is 29.3 Å². The number of amides is 1. The van der Waals surface area contributed by atoms with E-state index in [4.69, 9.17) is 5.73 Å². The van der Waals surface area contributed by atoms with Crippen LogP contribution in [0.1, 0.15) is 35.7 Å². The van der Waals surface area contributed by atoms with Gasteiger partial charge in [-0.15, -0.1) is 12.4 Å². The molecule has 1 aliphatic rings. The first-order chi connectivity index (χ1) is 10.3. The highest BCUT2D eigenvalue weighted by Crippen LogP contribution is 2.31. The Morgan fingerprint density at radius 1 is 1.39 bits per heavy atom. The molecular weight excluding hydrogens is 338 g/mol. The first kappa shape index (κ1) is 19.9. The molecule has 0 heterocycles. The minimum Gasteiger partial charge on any atom is -0.350 e. The van der Waals surface area contributed by atoms with Crippen molar-refractivity contribution in [2.24, 2.45) is 11.7 Å². The Bertz CT molecular complexity index is 660. The summed E-state index contributed by atoms with van der Waals surface area (Å²) in [5.74, 6) is 0.212. The molecule has 4 N–H and O–H groups in total. The van der Waals surface area contributed by atoms with Crippen LogP contribution < -0.4 is 15.8 Å². The Hall–Kier alpha value is -1.15. The lowest BCUT2D eigenvalue weighted by molar-refractivity contribution is 0.0949. The van der Waals surface area contributed by atoms with Crippen LogP contribution in [0.5, 0.6) is 0 Å². The van der Waals surface area contributed by atoms with Crippen molar-refractivity contribution in [3.63, 3.8) is 0 Å². The number of rotatable bonds is 7. The van der Waals surface area contributed by atoms with Gasteiger partial charge >= 0.3 is 0 Å². The van der Waals surface area contributed by atoms with Crippen molar-refractivity contribution in [1.82, 2.24) is 10.0 Å². The Labute approximate surface area is 143 Å². The van der Waals surface area contributed by atoms with Crippen LogP contribution in [-0.2, 0) is 10.0 Å². The summed E-state index contributed by atoms with van der Waals surface area (Å²) < 4.78 is 26.5. The second kappa shape index (κ2) is 8.10. The number of nitrogens with two attached hydrogens (primary N) is 1. The van der Waals surface area contributed by atoms with Crippen LogP contribution in [0, 0.1) is 12.8 Å². The van der Waals surface area contributed by atoms with Crippen molar-refractivity contribution in [2.45, 2.75) is 37.6 Å². The van der Waals surface area contributed by atoms with Crippen LogP contribution in [0.2, 0.25) is 0 Å². The number of hydrogen-bond acceptors (Lipinski definition) is 4. The van der Waals surface area contributed by atoms with Gasteiger partial charge in [0.2, 0.25) is 10.0 Å². The normalized spacial score (nSPS) is 15.6. The monoisotopic (exact) mass is 361 g/mol. The lowest BCUT2D eigenvalue weighted by Gasteiger charge is -2.13. The zero-order chi connectivity index (χ0) is 16.3. The molecule has 1 fully saturated rings. The van der Waals surface area contributed by atoms with Gasteiger partial charge in [-0.2, -0.15) is 0 Å². The predicted octanol–water partition coefficient (Wildman–Crippen LogP) is 1.18. The van der Waals surface area contributed by atoms with Gasteiger partial charge in [-0.05, 0) is 43.4 Å². The SMILES string of the molecule is CCNS(=O)(=O)c1ccc(C)c(C(=O)NCC(N)C2CC2)c1.Cl. The van der Waals surface area contributed by atoms with E-state index in [1.54, 1.807) is 19.9 Å². The molecule has 1 unspecified atom stereocenters. The number of carbonyl (C=O) groups excluding carboxylic acids is 1.